The fraction of sp³-hybridized carbons (Fsp3) is 0.915. The minimum Gasteiger partial charge on any atom is -0.756 e. The van der Waals surface area contributed by atoms with E-state index in [-0.39, 0.29) is 76.8 Å². The lowest BCUT2D eigenvalue weighted by Crippen LogP contribution is -2.42. The van der Waals surface area contributed by atoms with Crippen LogP contribution in [0.3, 0.4) is 0 Å². The molecule has 0 saturated carbocycles. The molecule has 0 aromatic carbocycles. The Morgan fingerprint density at radius 2 is 0.707 bits per heavy atom. The second kappa shape index (κ2) is 55.2. The average molecular weight is 1210 g/mol. The van der Waals surface area contributed by atoms with Crippen molar-refractivity contribution in [1.82, 2.24) is 21.3 Å². The number of Topliss-reactive ketones (excluding diaryl/α,β-unsaturated/α-hetero) is 2. The van der Waals surface area contributed by atoms with Crippen LogP contribution >= 0.6 is 15.6 Å². The molecule has 0 spiro atoms. The summed E-state index contributed by atoms with van der Waals surface area (Å²) in [6.07, 6.45) is 30.7. The van der Waals surface area contributed by atoms with Crippen molar-refractivity contribution in [3.8, 4) is 0 Å². The van der Waals surface area contributed by atoms with Crippen molar-refractivity contribution in [1.29, 1.82) is 0 Å². The Labute approximate surface area is 494 Å². The number of phosphoric acid groups is 2. The summed E-state index contributed by atoms with van der Waals surface area (Å²) in [6.45, 7) is 5.73. The number of ketones is 2. The highest BCUT2D eigenvalue weighted by molar-refractivity contribution is 7.46. The number of amides is 4. The summed E-state index contributed by atoms with van der Waals surface area (Å²) < 4.78 is 56.7. The summed E-state index contributed by atoms with van der Waals surface area (Å²) in [5.41, 5.74) is 0. The van der Waals surface area contributed by atoms with Gasteiger partial charge in [-0.3, -0.25) is 28.3 Å². The standard InChI is InChI=1S/C59H116N4O17P2/c1-5-9-13-17-19-21-23-27-31-35-55(66)45-57(68)62-51(47-75-41-37-53(64)33-29-25-15-11-7-3)49-79-81(71,72)77-43-39-60-59(70)61-40-44-78-82(73,74)80-50-52(48-76-42-38-54(65)34-30-26-16-12-8-4)63-58(69)46-56(67)36-32-28-24-22-20-18-14-10-6-2/h51-54,64-65H,5-50H2,1-4H3,(H,62,68)(H,63,69)(H,71,72)(H,73,74)(H2,60,61,70)/p-2. The SMILES string of the molecule is CCCCCCCCCCCC(=O)CC(=O)NC(COCCC(O)CCCCCCC)COP(=O)([O-])OCCNC(=O)NCCOP(=O)([O-])OCC(COCCC(O)CCCCCCC)NC(=O)CC(=O)CCCCCCCCCCC. The number of aliphatic hydroxyl groups excluding tert-OH is 2. The maximum Gasteiger partial charge on any atom is 0.314 e. The molecule has 6 atom stereocenters. The normalized spacial score (nSPS) is 14.5. The molecule has 21 nitrogen and oxygen atoms in total. The van der Waals surface area contributed by atoms with Gasteiger partial charge in [0.25, 0.3) is 15.6 Å². The van der Waals surface area contributed by atoms with Crippen molar-refractivity contribution >= 4 is 45.1 Å². The fourth-order valence-electron chi connectivity index (χ4n) is 8.91. The summed E-state index contributed by atoms with van der Waals surface area (Å²) in [7, 11) is -9.96. The van der Waals surface area contributed by atoms with Crippen LogP contribution < -0.4 is 31.1 Å². The number of hydrogen-bond donors (Lipinski definition) is 6. The zero-order chi connectivity index (χ0) is 60.8. The van der Waals surface area contributed by atoms with E-state index < -0.39 is 84.2 Å². The number of rotatable bonds is 62. The van der Waals surface area contributed by atoms with Gasteiger partial charge in [0.1, 0.15) is 11.6 Å². The summed E-state index contributed by atoms with van der Waals surface area (Å²) in [5.74, 6) is -1.67. The van der Waals surface area contributed by atoms with Gasteiger partial charge in [0, 0.05) is 39.1 Å². The van der Waals surface area contributed by atoms with Crippen LogP contribution in [0.5, 0.6) is 0 Å². The van der Waals surface area contributed by atoms with Gasteiger partial charge in [0.15, 0.2) is 0 Å². The number of carbonyl (C=O) groups is 5. The van der Waals surface area contributed by atoms with E-state index in [2.05, 4.69) is 49.0 Å². The van der Waals surface area contributed by atoms with Crippen LogP contribution in [0.1, 0.15) is 259 Å². The van der Waals surface area contributed by atoms with E-state index >= 15 is 0 Å². The summed E-state index contributed by atoms with van der Waals surface area (Å²) in [5, 5.41) is 30.7. The highest BCUT2D eigenvalue weighted by Gasteiger charge is 2.22. The Morgan fingerprint density at radius 3 is 1.04 bits per heavy atom. The Hall–Kier alpha value is -2.39. The monoisotopic (exact) mass is 1210 g/mol. The first-order valence-corrected chi connectivity index (χ1v) is 34.7. The Balaban J connectivity index is 5.03. The molecule has 6 unspecified atom stereocenters. The number of urea groups is 1. The van der Waals surface area contributed by atoms with Crippen molar-refractivity contribution in [3.05, 3.63) is 0 Å². The van der Waals surface area contributed by atoms with Crippen LogP contribution in [-0.2, 0) is 55.9 Å². The first kappa shape index (κ1) is 79.6. The molecule has 484 valence electrons. The zero-order valence-corrected chi connectivity index (χ0v) is 53.0. The van der Waals surface area contributed by atoms with E-state index in [0.717, 1.165) is 103 Å². The molecule has 4 amide bonds. The fourth-order valence-corrected chi connectivity index (χ4v) is 10.4. The van der Waals surface area contributed by atoms with E-state index in [1.165, 1.54) is 64.2 Å². The van der Waals surface area contributed by atoms with Gasteiger partial charge in [-0.05, 0) is 38.5 Å². The molecule has 0 saturated heterocycles. The van der Waals surface area contributed by atoms with Crippen LogP contribution in [-0.4, -0.2) is 130 Å². The topological polar surface area (TPSA) is 310 Å². The van der Waals surface area contributed by atoms with Crippen LogP contribution in [0.2, 0.25) is 0 Å². The second-order valence-electron chi connectivity index (χ2n) is 21.9. The van der Waals surface area contributed by atoms with E-state index in [4.69, 9.17) is 27.6 Å². The smallest absolute Gasteiger partial charge is 0.314 e. The third-order valence-electron chi connectivity index (χ3n) is 13.8. The van der Waals surface area contributed by atoms with Crippen molar-refractivity contribution in [2.75, 3.05) is 65.9 Å². The Morgan fingerprint density at radius 1 is 0.402 bits per heavy atom. The number of carbonyl (C=O) groups excluding carboxylic acids is 5. The second-order valence-corrected chi connectivity index (χ2v) is 24.7. The van der Waals surface area contributed by atoms with E-state index in [9.17, 15) is 53.1 Å². The van der Waals surface area contributed by atoms with Gasteiger partial charge in [-0.25, -0.2) is 4.79 Å². The van der Waals surface area contributed by atoms with Crippen molar-refractivity contribution < 1.29 is 80.7 Å². The number of hydrogen-bond acceptors (Lipinski definition) is 17. The molecule has 0 fully saturated rings. The number of aliphatic hydroxyl groups is 2. The molecule has 23 heteroatoms. The van der Waals surface area contributed by atoms with Crippen molar-refractivity contribution in [3.63, 3.8) is 0 Å². The molecule has 0 aliphatic heterocycles. The van der Waals surface area contributed by atoms with Gasteiger partial charge in [0.05, 0.1) is 76.8 Å². The van der Waals surface area contributed by atoms with Gasteiger partial charge in [-0.2, -0.15) is 0 Å². The largest absolute Gasteiger partial charge is 0.756 e. The molecule has 0 aliphatic carbocycles. The summed E-state index contributed by atoms with van der Waals surface area (Å²) in [4.78, 5) is 88.8. The van der Waals surface area contributed by atoms with E-state index in [1.54, 1.807) is 0 Å². The van der Waals surface area contributed by atoms with E-state index in [1.807, 2.05) is 0 Å². The summed E-state index contributed by atoms with van der Waals surface area (Å²) in [6, 6.07) is -2.76. The predicted octanol–water partition coefficient (Wildman–Crippen LogP) is 10.3. The Kier molecular flexibility index (Phi) is 53.6. The zero-order valence-electron chi connectivity index (χ0n) is 51.2. The van der Waals surface area contributed by atoms with Gasteiger partial charge in [-0.15, -0.1) is 0 Å². The molecular formula is C59H114N4O17P2-2. The number of unbranched alkanes of at least 4 members (excludes halogenated alkanes) is 24. The molecule has 0 heterocycles. The number of phosphoric ester groups is 2. The number of ether oxygens (including phenoxy) is 2. The quantitative estimate of drug-likeness (QED) is 0.0187. The predicted molar refractivity (Wildman–Crippen MR) is 317 cm³/mol. The molecule has 0 aromatic heterocycles. The van der Waals surface area contributed by atoms with Crippen molar-refractivity contribution in [2.45, 2.75) is 283 Å². The molecule has 82 heavy (non-hydrogen) atoms. The molecule has 0 rings (SSSR count). The highest BCUT2D eigenvalue weighted by atomic mass is 31.2. The number of nitrogens with one attached hydrogen (secondary N) is 4. The first-order valence-electron chi connectivity index (χ1n) is 31.8. The van der Waals surface area contributed by atoms with Crippen molar-refractivity contribution in [2.24, 2.45) is 0 Å². The average Bonchev–Trinajstić information content (AvgIpc) is 3.47. The minimum atomic E-state index is -4.98. The molecule has 0 bridgehead atoms. The summed E-state index contributed by atoms with van der Waals surface area (Å²) >= 11 is 0. The lowest BCUT2D eigenvalue weighted by molar-refractivity contribution is -0.227. The Bertz CT molecular complexity index is 1570. The maximum absolute atomic E-state index is 12.9. The van der Waals surface area contributed by atoms with Crippen LogP contribution in [0, 0.1) is 0 Å². The first-order chi connectivity index (χ1) is 39.4. The minimum absolute atomic E-state index is 0.143. The van der Waals surface area contributed by atoms with Gasteiger partial charge in [-0.1, -0.05) is 195 Å². The van der Waals surface area contributed by atoms with E-state index in [0.29, 0.717) is 38.5 Å². The molecule has 6 N–H and O–H groups in total. The lowest BCUT2D eigenvalue weighted by atomic mass is 10.0. The molecular weight excluding hydrogens is 1100 g/mol. The van der Waals surface area contributed by atoms with Crippen LogP contribution in [0.15, 0.2) is 0 Å². The van der Waals surface area contributed by atoms with Gasteiger partial charge < -0.3 is 68.8 Å². The lowest BCUT2D eigenvalue weighted by Gasteiger charge is -2.26. The molecule has 0 aromatic rings. The molecule has 0 aliphatic rings. The molecule has 0 radical (unpaired) electrons. The maximum atomic E-state index is 12.9. The van der Waals surface area contributed by atoms with Gasteiger partial charge >= 0.3 is 6.03 Å². The third-order valence-corrected chi connectivity index (χ3v) is 15.7. The van der Waals surface area contributed by atoms with Gasteiger partial charge in [0.2, 0.25) is 11.8 Å². The third kappa shape index (κ3) is 54.3. The van der Waals surface area contributed by atoms with Crippen LogP contribution in [0.25, 0.3) is 0 Å². The van der Waals surface area contributed by atoms with Crippen LogP contribution in [0.4, 0.5) is 4.79 Å². The highest BCUT2D eigenvalue weighted by Crippen LogP contribution is 2.39.